The highest BCUT2D eigenvalue weighted by atomic mass is 16.3. The summed E-state index contributed by atoms with van der Waals surface area (Å²) in [6.45, 7) is 0.280. The van der Waals surface area contributed by atoms with Gasteiger partial charge in [0.25, 0.3) is 0 Å². The SMILES string of the molecule is O=C(Cn1c(C2CC2)nc2ccccc21)NC(CCO)c1ccccc1. The van der Waals surface area contributed by atoms with Crippen molar-refractivity contribution >= 4 is 16.9 Å². The van der Waals surface area contributed by atoms with E-state index in [0.717, 1.165) is 35.3 Å². The van der Waals surface area contributed by atoms with Crippen LogP contribution >= 0.6 is 0 Å². The summed E-state index contributed by atoms with van der Waals surface area (Å²) in [5, 5.41) is 12.4. The summed E-state index contributed by atoms with van der Waals surface area (Å²) in [7, 11) is 0. The van der Waals surface area contributed by atoms with E-state index in [2.05, 4.69) is 5.32 Å². The van der Waals surface area contributed by atoms with Crippen molar-refractivity contribution in [1.29, 1.82) is 0 Å². The molecule has 134 valence electrons. The third kappa shape index (κ3) is 3.48. The second-order valence-electron chi connectivity index (χ2n) is 6.86. The number of fused-ring (bicyclic) bond motifs is 1. The van der Waals surface area contributed by atoms with E-state index in [1.807, 2.05) is 59.2 Å². The summed E-state index contributed by atoms with van der Waals surface area (Å²) in [6.07, 6.45) is 2.78. The number of aliphatic hydroxyl groups is 1. The van der Waals surface area contributed by atoms with Crippen LogP contribution in [0.3, 0.4) is 0 Å². The summed E-state index contributed by atoms with van der Waals surface area (Å²) in [6, 6.07) is 17.6. The molecule has 1 aromatic heterocycles. The number of nitrogens with one attached hydrogen (secondary N) is 1. The van der Waals surface area contributed by atoms with Crippen molar-refractivity contribution in [2.75, 3.05) is 6.61 Å². The van der Waals surface area contributed by atoms with Gasteiger partial charge in [0.15, 0.2) is 0 Å². The average Bonchev–Trinajstić information content (AvgIpc) is 3.45. The van der Waals surface area contributed by atoms with Crippen molar-refractivity contribution in [3.8, 4) is 0 Å². The number of carbonyl (C=O) groups excluding carboxylic acids is 1. The van der Waals surface area contributed by atoms with E-state index in [1.54, 1.807) is 0 Å². The van der Waals surface area contributed by atoms with Crippen molar-refractivity contribution in [1.82, 2.24) is 14.9 Å². The van der Waals surface area contributed by atoms with Gasteiger partial charge >= 0.3 is 0 Å². The van der Waals surface area contributed by atoms with E-state index in [9.17, 15) is 9.90 Å². The number of benzene rings is 2. The third-order valence-electron chi connectivity index (χ3n) is 4.88. The topological polar surface area (TPSA) is 67.2 Å². The van der Waals surface area contributed by atoms with Gasteiger partial charge in [-0.15, -0.1) is 0 Å². The molecule has 0 spiro atoms. The quantitative estimate of drug-likeness (QED) is 0.688. The third-order valence-corrected chi connectivity index (χ3v) is 4.88. The van der Waals surface area contributed by atoms with E-state index in [4.69, 9.17) is 4.98 Å². The molecular weight excluding hydrogens is 326 g/mol. The molecule has 0 saturated heterocycles. The van der Waals surface area contributed by atoms with Crippen LogP contribution in [0.15, 0.2) is 54.6 Å². The van der Waals surface area contributed by atoms with Gasteiger partial charge in [-0.25, -0.2) is 4.98 Å². The zero-order chi connectivity index (χ0) is 17.9. The zero-order valence-corrected chi connectivity index (χ0v) is 14.6. The largest absolute Gasteiger partial charge is 0.396 e. The Morgan fingerprint density at radius 2 is 1.88 bits per heavy atom. The fourth-order valence-electron chi connectivity index (χ4n) is 3.43. The van der Waals surface area contributed by atoms with Gasteiger partial charge in [0.05, 0.1) is 17.1 Å². The van der Waals surface area contributed by atoms with Crippen molar-refractivity contribution in [2.45, 2.75) is 37.8 Å². The Bertz CT molecular complexity index is 900. The smallest absolute Gasteiger partial charge is 0.240 e. The molecule has 26 heavy (non-hydrogen) atoms. The molecule has 2 N–H and O–H groups in total. The van der Waals surface area contributed by atoms with Crippen LogP contribution in [-0.4, -0.2) is 27.2 Å². The van der Waals surface area contributed by atoms with Crippen LogP contribution in [0.2, 0.25) is 0 Å². The first-order chi connectivity index (χ1) is 12.8. The van der Waals surface area contributed by atoms with E-state index in [0.29, 0.717) is 12.3 Å². The number of rotatable bonds is 7. The fraction of sp³-hybridized carbons (Fsp3) is 0.333. The Labute approximate surface area is 152 Å². The Morgan fingerprint density at radius 1 is 1.15 bits per heavy atom. The Balaban J connectivity index is 1.56. The molecule has 1 amide bonds. The second kappa shape index (κ2) is 7.30. The standard InChI is InChI=1S/C21H23N3O2/c25-13-12-17(15-6-2-1-3-7-15)22-20(26)14-24-19-9-5-4-8-18(19)23-21(24)16-10-11-16/h1-9,16-17,25H,10-14H2,(H,22,26). The molecule has 5 nitrogen and oxygen atoms in total. The molecule has 5 heteroatoms. The Hall–Kier alpha value is -2.66. The van der Waals surface area contributed by atoms with E-state index < -0.39 is 0 Å². The maximum atomic E-state index is 12.8. The predicted molar refractivity (Wildman–Crippen MR) is 101 cm³/mol. The number of para-hydroxylation sites is 2. The molecule has 4 rings (SSSR count). The summed E-state index contributed by atoms with van der Waals surface area (Å²) in [4.78, 5) is 17.5. The first kappa shape index (κ1) is 16.8. The van der Waals surface area contributed by atoms with Crippen LogP contribution in [0.25, 0.3) is 11.0 Å². The van der Waals surface area contributed by atoms with Crippen molar-refractivity contribution in [3.05, 3.63) is 66.0 Å². The average molecular weight is 349 g/mol. The molecule has 1 fully saturated rings. The number of aromatic nitrogens is 2. The highest BCUT2D eigenvalue weighted by Gasteiger charge is 2.30. The molecule has 1 heterocycles. The van der Waals surface area contributed by atoms with Crippen LogP contribution < -0.4 is 5.32 Å². The van der Waals surface area contributed by atoms with Gasteiger partial charge in [0, 0.05) is 12.5 Å². The molecule has 3 aromatic rings. The maximum absolute atomic E-state index is 12.8. The number of carbonyl (C=O) groups is 1. The van der Waals surface area contributed by atoms with Gasteiger partial charge < -0.3 is 15.0 Å². The lowest BCUT2D eigenvalue weighted by molar-refractivity contribution is -0.122. The molecule has 2 aromatic carbocycles. The highest BCUT2D eigenvalue weighted by molar-refractivity contribution is 5.81. The van der Waals surface area contributed by atoms with Gasteiger partial charge in [0.1, 0.15) is 12.4 Å². The summed E-state index contributed by atoms with van der Waals surface area (Å²) in [5.41, 5.74) is 2.95. The first-order valence-electron chi connectivity index (χ1n) is 9.16. The number of amides is 1. The van der Waals surface area contributed by atoms with Crippen molar-refractivity contribution in [3.63, 3.8) is 0 Å². The van der Waals surface area contributed by atoms with Crippen LogP contribution in [0, 0.1) is 0 Å². The summed E-state index contributed by atoms with van der Waals surface area (Å²) < 4.78 is 2.04. The van der Waals surface area contributed by atoms with Gasteiger partial charge in [0.2, 0.25) is 5.91 Å². The van der Waals surface area contributed by atoms with Crippen molar-refractivity contribution < 1.29 is 9.90 Å². The monoisotopic (exact) mass is 349 g/mol. The minimum atomic E-state index is -0.187. The van der Waals surface area contributed by atoms with Crippen LogP contribution in [-0.2, 0) is 11.3 Å². The van der Waals surface area contributed by atoms with Gasteiger partial charge in [-0.05, 0) is 37.0 Å². The van der Waals surface area contributed by atoms with Gasteiger partial charge in [-0.3, -0.25) is 4.79 Å². The molecule has 0 aliphatic heterocycles. The summed E-state index contributed by atoms with van der Waals surface area (Å²) >= 11 is 0. The first-order valence-corrected chi connectivity index (χ1v) is 9.16. The van der Waals surface area contributed by atoms with Gasteiger partial charge in [-0.1, -0.05) is 42.5 Å². The number of hydrogen-bond donors (Lipinski definition) is 2. The molecule has 1 aliphatic carbocycles. The number of hydrogen-bond acceptors (Lipinski definition) is 3. The second-order valence-corrected chi connectivity index (χ2v) is 6.86. The normalized spacial score (nSPS) is 15.1. The zero-order valence-electron chi connectivity index (χ0n) is 14.6. The van der Waals surface area contributed by atoms with E-state index in [1.165, 1.54) is 0 Å². The predicted octanol–water partition coefficient (Wildman–Crippen LogP) is 3.15. The molecule has 0 bridgehead atoms. The minimum absolute atomic E-state index is 0.0289. The lowest BCUT2D eigenvalue weighted by atomic mass is 10.0. The van der Waals surface area contributed by atoms with E-state index >= 15 is 0 Å². The summed E-state index contributed by atoms with van der Waals surface area (Å²) in [5.74, 6) is 1.43. The fourth-order valence-corrected chi connectivity index (χ4v) is 3.43. The molecule has 1 unspecified atom stereocenters. The highest BCUT2D eigenvalue weighted by Crippen LogP contribution is 2.40. The lowest BCUT2D eigenvalue weighted by Gasteiger charge is -2.19. The van der Waals surface area contributed by atoms with Crippen molar-refractivity contribution in [2.24, 2.45) is 0 Å². The van der Waals surface area contributed by atoms with Crippen LogP contribution in [0.4, 0.5) is 0 Å². The van der Waals surface area contributed by atoms with E-state index in [-0.39, 0.29) is 25.1 Å². The number of aliphatic hydroxyl groups excluding tert-OH is 1. The lowest BCUT2D eigenvalue weighted by Crippen LogP contribution is -2.32. The maximum Gasteiger partial charge on any atom is 0.240 e. The molecule has 1 saturated carbocycles. The Kier molecular flexibility index (Phi) is 4.71. The van der Waals surface area contributed by atoms with Crippen LogP contribution in [0.1, 0.15) is 42.6 Å². The van der Waals surface area contributed by atoms with Gasteiger partial charge in [-0.2, -0.15) is 0 Å². The molecule has 1 aliphatic rings. The molecular formula is C21H23N3O2. The Morgan fingerprint density at radius 3 is 2.62 bits per heavy atom. The molecule has 0 radical (unpaired) electrons. The number of nitrogens with zero attached hydrogens (tertiary/aromatic N) is 2. The molecule has 1 atom stereocenters. The van der Waals surface area contributed by atoms with Crippen LogP contribution in [0.5, 0.6) is 0 Å². The number of imidazole rings is 1. The minimum Gasteiger partial charge on any atom is -0.396 e.